The van der Waals surface area contributed by atoms with Gasteiger partial charge in [-0.15, -0.1) is 0 Å². The molecule has 0 fully saturated rings. The summed E-state index contributed by atoms with van der Waals surface area (Å²) in [5.41, 5.74) is 5.45. The number of nitrogens with one attached hydrogen (secondary N) is 1. The van der Waals surface area contributed by atoms with E-state index in [1.807, 2.05) is 27.7 Å². The Morgan fingerprint density at radius 2 is 2.06 bits per heavy atom. The fraction of sp³-hybridized carbons (Fsp3) is 0.636. The van der Waals surface area contributed by atoms with Crippen molar-refractivity contribution in [1.82, 2.24) is 9.97 Å². The highest BCUT2D eigenvalue weighted by Gasteiger charge is 2.24. The van der Waals surface area contributed by atoms with Crippen molar-refractivity contribution in [2.45, 2.75) is 39.7 Å². The molecule has 0 amide bonds. The predicted molar refractivity (Wildman–Crippen MR) is 63.3 cm³/mol. The number of aromatic amines is 1. The number of rotatable bonds is 4. The second kappa shape index (κ2) is 4.65. The first-order valence-electron chi connectivity index (χ1n) is 5.45. The van der Waals surface area contributed by atoms with Crippen LogP contribution in [0.25, 0.3) is 0 Å². The van der Waals surface area contributed by atoms with E-state index in [4.69, 9.17) is 10.5 Å². The lowest BCUT2D eigenvalue weighted by atomic mass is 10.1. The first-order chi connectivity index (χ1) is 7.42. The highest BCUT2D eigenvalue weighted by molar-refractivity contribution is 5.38. The number of anilines is 1. The first-order valence-corrected chi connectivity index (χ1v) is 5.45. The van der Waals surface area contributed by atoms with Gasteiger partial charge in [-0.1, -0.05) is 6.92 Å². The summed E-state index contributed by atoms with van der Waals surface area (Å²) in [4.78, 5) is 18.6. The highest BCUT2D eigenvalue weighted by Crippen LogP contribution is 2.21. The van der Waals surface area contributed by atoms with Crippen LogP contribution in [0.3, 0.4) is 0 Å². The van der Waals surface area contributed by atoms with Crippen LogP contribution in [0.5, 0.6) is 0 Å². The summed E-state index contributed by atoms with van der Waals surface area (Å²) < 4.78 is 5.51. The van der Waals surface area contributed by atoms with Crippen molar-refractivity contribution in [3.05, 3.63) is 21.7 Å². The molecule has 0 unspecified atom stereocenters. The van der Waals surface area contributed by atoms with E-state index >= 15 is 0 Å². The molecule has 0 bridgehead atoms. The predicted octanol–water partition coefficient (Wildman–Crippen LogP) is 1.19. The molecule has 0 aliphatic heterocycles. The van der Waals surface area contributed by atoms with Crippen molar-refractivity contribution in [1.29, 1.82) is 0 Å². The zero-order chi connectivity index (χ0) is 12.3. The second-order valence-corrected chi connectivity index (χ2v) is 4.08. The molecule has 0 saturated carbocycles. The first kappa shape index (κ1) is 12.7. The Morgan fingerprint density at radius 1 is 1.44 bits per heavy atom. The van der Waals surface area contributed by atoms with Crippen molar-refractivity contribution in [3.8, 4) is 0 Å². The van der Waals surface area contributed by atoms with Gasteiger partial charge in [-0.05, 0) is 27.2 Å². The van der Waals surface area contributed by atoms with E-state index in [1.54, 1.807) is 0 Å². The molecule has 0 atom stereocenters. The number of aromatic nitrogens is 2. The Hall–Kier alpha value is -1.36. The number of nitrogens with zero attached hydrogens (tertiary/aromatic N) is 1. The fourth-order valence-corrected chi connectivity index (χ4v) is 1.57. The summed E-state index contributed by atoms with van der Waals surface area (Å²) in [5.74, 6) is 0.753. The van der Waals surface area contributed by atoms with Crippen molar-refractivity contribution in [3.63, 3.8) is 0 Å². The molecule has 1 heterocycles. The van der Waals surface area contributed by atoms with Crippen LogP contribution >= 0.6 is 0 Å². The third-order valence-corrected chi connectivity index (χ3v) is 2.48. The minimum absolute atomic E-state index is 0.183. The third kappa shape index (κ3) is 2.41. The maximum Gasteiger partial charge on any atom is 0.256 e. The van der Waals surface area contributed by atoms with Gasteiger partial charge in [-0.2, -0.15) is 0 Å². The van der Waals surface area contributed by atoms with Gasteiger partial charge in [-0.25, -0.2) is 4.98 Å². The lowest BCUT2D eigenvalue weighted by molar-refractivity contribution is -0.0209. The summed E-state index contributed by atoms with van der Waals surface area (Å²) in [6, 6.07) is 0. The molecule has 16 heavy (non-hydrogen) atoms. The number of H-pyrrole nitrogens is 1. The number of nitrogens with two attached hydrogens (primary N) is 1. The van der Waals surface area contributed by atoms with Gasteiger partial charge in [-0.3, -0.25) is 4.79 Å². The lowest BCUT2D eigenvalue weighted by Gasteiger charge is -2.23. The van der Waals surface area contributed by atoms with Gasteiger partial charge < -0.3 is 15.5 Å². The van der Waals surface area contributed by atoms with Crippen molar-refractivity contribution < 1.29 is 4.74 Å². The molecular formula is C11H19N3O2. The van der Waals surface area contributed by atoms with Gasteiger partial charge in [0, 0.05) is 6.61 Å². The van der Waals surface area contributed by atoms with Crippen LogP contribution in [0.4, 0.5) is 5.82 Å². The van der Waals surface area contributed by atoms with Crippen molar-refractivity contribution in [2.24, 2.45) is 0 Å². The van der Waals surface area contributed by atoms with E-state index in [9.17, 15) is 4.79 Å². The summed E-state index contributed by atoms with van der Waals surface area (Å²) in [6.07, 6.45) is 0.573. The minimum Gasteiger partial charge on any atom is -0.383 e. The van der Waals surface area contributed by atoms with E-state index in [0.29, 0.717) is 24.4 Å². The van der Waals surface area contributed by atoms with Crippen LogP contribution < -0.4 is 11.3 Å². The van der Waals surface area contributed by atoms with Gasteiger partial charge in [0.05, 0.1) is 5.56 Å². The number of hydrogen-bond acceptors (Lipinski definition) is 4. The molecule has 3 N–H and O–H groups in total. The molecule has 90 valence electrons. The van der Waals surface area contributed by atoms with Crippen LogP contribution in [0, 0.1) is 0 Å². The molecule has 0 aliphatic carbocycles. The van der Waals surface area contributed by atoms with E-state index < -0.39 is 5.60 Å². The molecular weight excluding hydrogens is 206 g/mol. The molecule has 1 aromatic rings. The van der Waals surface area contributed by atoms with Crippen LogP contribution in [0.1, 0.15) is 39.1 Å². The fourth-order valence-electron chi connectivity index (χ4n) is 1.57. The SMILES string of the molecule is CCOC(C)(C)c1nc(N)c(CC)c(=O)[nH]1. The maximum atomic E-state index is 11.7. The Morgan fingerprint density at radius 3 is 2.50 bits per heavy atom. The zero-order valence-corrected chi connectivity index (χ0v) is 10.3. The summed E-state index contributed by atoms with van der Waals surface area (Å²) >= 11 is 0. The smallest absolute Gasteiger partial charge is 0.256 e. The van der Waals surface area contributed by atoms with E-state index in [-0.39, 0.29) is 11.4 Å². The monoisotopic (exact) mass is 225 g/mol. The Kier molecular flexibility index (Phi) is 3.70. The minimum atomic E-state index is -0.631. The molecule has 1 rings (SSSR count). The molecule has 0 saturated heterocycles. The number of hydrogen-bond donors (Lipinski definition) is 2. The number of ether oxygens (including phenoxy) is 1. The summed E-state index contributed by atoms with van der Waals surface area (Å²) in [5, 5.41) is 0. The summed E-state index contributed by atoms with van der Waals surface area (Å²) in [7, 11) is 0. The quantitative estimate of drug-likeness (QED) is 0.806. The average molecular weight is 225 g/mol. The normalized spacial score (nSPS) is 11.8. The van der Waals surface area contributed by atoms with E-state index in [1.165, 1.54) is 0 Å². The molecule has 0 aromatic carbocycles. The lowest BCUT2D eigenvalue weighted by Crippen LogP contribution is -2.30. The van der Waals surface area contributed by atoms with Crippen LogP contribution in [-0.4, -0.2) is 16.6 Å². The van der Waals surface area contributed by atoms with Gasteiger partial charge in [0.25, 0.3) is 5.56 Å². The average Bonchev–Trinajstić information content (AvgIpc) is 2.17. The van der Waals surface area contributed by atoms with Gasteiger partial charge in [0.15, 0.2) is 0 Å². The van der Waals surface area contributed by atoms with Gasteiger partial charge >= 0.3 is 0 Å². The standard InChI is InChI=1S/C11H19N3O2/c1-5-7-8(12)13-10(14-9(7)15)11(3,4)16-6-2/h5-6H2,1-4H3,(H3,12,13,14,15). The second-order valence-electron chi connectivity index (χ2n) is 4.08. The van der Waals surface area contributed by atoms with E-state index in [2.05, 4.69) is 9.97 Å². The van der Waals surface area contributed by atoms with E-state index in [0.717, 1.165) is 0 Å². The van der Waals surface area contributed by atoms with Crippen LogP contribution in [0.2, 0.25) is 0 Å². The van der Waals surface area contributed by atoms with Crippen LogP contribution in [0.15, 0.2) is 4.79 Å². The molecule has 1 aromatic heterocycles. The maximum absolute atomic E-state index is 11.7. The van der Waals surface area contributed by atoms with Gasteiger partial charge in [0.2, 0.25) is 0 Å². The molecule has 0 spiro atoms. The molecule has 5 nitrogen and oxygen atoms in total. The topological polar surface area (TPSA) is 81.0 Å². The van der Waals surface area contributed by atoms with Gasteiger partial charge in [0.1, 0.15) is 17.2 Å². The van der Waals surface area contributed by atoms with Crippen molar-refractivity contribution in [2.75, 3.05) is 12.3 Å². The Labute approximate surface area is 95.0 Å². The molecule has 0 aliphatic rings. The zero-order valence-electron chi connectivity index (χ0n) is 10.3. The molecule has 5 heteroatoms. The number of nitrogen functional groups attached to an aromatic ring is 1. The van der Waals surface area contributed by atoms with Crippen LogP contribution in [-0.2, 0) is 16.8 Å². The Bertz CT molecular complexity index is 424. The third-order valence-electron chi connectivity index (χ3n) is 2.48. The van der Waals surface area contributed by atoms with Crippen molar-refractivity contribution >= 4 is 5.82 Å². The Balaban J connectivity index is 3.23. The highest BCUT2D eigenvalue weighted by atomic mass is 16.5. The summed E-state index contributed by atoms with van der Waals surface area (Å²) in [6.45, 7) is 8.01. The largest absolute Gasteiger partial charge is 0.383 e. The molecule has 0 radical (unpaired) electrons.